The standard InChI is InChI=1S/C15H12F4N2O5S/c16-10-5-3-4-9(13(10)17)15(8-22,14(18)19)20-27(25,26)12-7-2-1-6-11(12)21(23)24/h1-7,14,20,22H,8H2/t15-/m0/s1. The van der Waals surface area contributed by atoms with Gasteiger partial charge in [0.15, 0.2) is 16.5 Å². The van der Waals surface area contributed by atoms with E-state index in [-0.39, 0.29) is 0 Å². The SMILES string of the molecule is O=[N+]([O-])c1ccccc1S(=O)(=O)N[C@@](CO)(c1cccc(F)c1F)C(F)F. The van der Waals surface area contributed by atoms with Crippen molar-refractivity contribution >= 4 is 15.7 Å². The molecule has 0 saturated carbocycles. The summed E-state index contributed by atoms with van der Waals surface area (Å²) >= 11 is 0. The van der Waals surface area contributed by atoms with Crippen LogP contribution >= 0.6 is 0 Å². The Morgan fingerprint density at radius 1 is 1.15 bits per heavy atom. The van der Waals surface area contributed by atoms with E-state index in [1.165, 1.54) is 4.72 Å². The minimum absolute atomic E-state index is 0.614. The van der Waals surface area contributed by atoms with Gasteiger partial charge in [0.05, 0.1) is 11.5 Å². The Morgan fingerprint density at radius 3 is 2.33 bits per heavy atom. The molecule has 0 heterocycles. The number of sulfonamides is 1. The van der Waals surface area contributed by atoms with Crippen LogP contribution in [0.3, 0.4) is 0 Å². The number of benzene rings is 2. The zero-order chi connectivity index (χ0) is 20.4. The molecule has 0 unspecified atom stereocenters. The first-order valence-corrected chi connectivity index (χ1v) is 8.66. The van der Waals surface area contributed by atoms with Gasteiger partial charge in [-0.2, -0.15) is 4.72 Å². The summed E-state index contributed by atoms with van der Waals surface area (Å²) in [5.41, 5.74) is -5.35. The van der Waals surface area contributed by atoms with Crippen LogP contribution < -0.4 is 4.72 Å². The number of nitrogens with zero attached hydrogens (tertiary/aromatic N) is 1. The van der Waals surface area contributed by atoms with Gasteiger partial charge in [-0.1, -0.05) is 24.3 Å². The van der Waals surface area contributed by atoms with Gasteiger partial charge in [0.2, 0.25) is 10.0 Å². The highest BCUT2D eigenvalue weighted by Gasteiger charge is 2.48. The van der Waals surface area contributed by atoms with Crippen molar-refractivity contribution in [3.05, 3.63) is 69.8 Å². The predicted octanol–water partition coefficient (Wildman–Crippen LogP) is 2.30. The molecule has 0 aliphatic carbocycles. The molecule has 1 atom stereocenters. The molecule has 0 aliphatic heterocycles. The van der Waals surface area contributed by atoms with E-state index in [1.807, 2.05) is 0 Å². The van der Waals surface area contributed by atoms with Crippen molar-refractivity contribution in [3.8, 4) is 0 Å². The van der Waals surface area contributed by atoms with Gasteiger partial charge in [-0.05, 0) is 12.1 Å². The highest BCUT2D eigenvalue weighted by molar-refractivity contribution is 7.89. The van der Waals surface area contributed by atoms with Crippen LogP contribution in [0, 0.1) is 21.7 Å². The zero-order valence-corrected chi connectivity index (χ0v) is 14.1. The van der Waals surface area contributed by atoms with Gasteiger partial charge >= 0.3 is 0 Å². The van der Waals surface area contributed by atoms with Crippen molar-refractivity contribution in [2.24, 2.45) is 0 Å². The summed E-state index contributed by atoms with van der Waals surface area (Å²) in [6, 6.07) is 5.98. The number of alkyl halides is 2. The van der Waals surface area contributed by atoms with E-state index < -0.39 is 61.3 Å². The Bertz CT molecular complexity index is 970. The van der Waals surface area contributed by atoms with E-state index in [1.54, 1.807) is 0 Å². The average molecular weight is 408 g/mol. The maximum Gasteiger partial charge on any atom is 0.289 e. The van der Waals surface area contributed by atoms with Crippen LogP contribution in [0.2, 0.25) is 0 Å². The van der Waals surface area contributed by atoms with Crippen LogP contribution in [0.25, 0.3) is 0 Å². The molecular formula is C15H12F4N2O5S. The van der Waals surface area contributed by atoms with E-state index in [2.05, 4.69) is 0 Å². The van der Waals surface area contributed by atoms with Crippen molar-refractivity contribution in [3.63, 3.8) is 0 Å². The molecule has 0 aromatic heterocycles. The fraction of sp³-hybridized carbons (Fsp3) is 0.200. The number of halogens is 4. The summed E-state index contributed by atoms with van der Waals surface area (Å²) in [5, 5.41) is 20.5. The van der Waals surface area contributed by atoms with Gasteiger partial charge in [-0.15, -0.1) is 0 Å². The maximum atomic E-state index is 14.1. The number of aliphatic hydroxyl groups is 1. The minimum atomic E-state index is -5.05. The molecule has 0 fully saturated rings. The largest absolute Gasteiger partial charge is 0.394 e. The molecule has 0 saturated heterocycles. The van der Waals surface area contributed by atoms with Crippen molar-refractivity contribution in [2.75, 3.05) is 6.61 Å². The highest BCUT2D eigenvalue weighted by atomic mass is 32.2. The fourth-order valence-electron chi connectivity index (χ4n) is 2.38. The van der Waals surface area contributed by atoms with Gasteiger partial charge in [0.1, 0.15) is 5.54 Å². The van der Waals surface area contributed by atoms with Crippen LogP contribution in [0.1, 0.15) is 5.56 Å². The summed E-state index contributed by atoms with van der Waals surface area (Å²) in [6.45, 7) is -1.65. The van der Waals surface area contributed by atoms with Crippen LogP contribution in [0.5, 0.6) is 0 Å². The van der Waals surface area contributed by atoms with E-state index in [0.29, 0.717) is 12.1 Å². The number of rotatable bonds is 7. The highest BCUT2D eigenvalue weighted by Crippen LogP contribution is 2.34. The molecule has 12 heteroatoms. The molecule has 0 amide bonds. The van der Waals surface area contributed by atoms with Crippen LogP contribution in [-0.4, -0.2) is 31.5 Å². The molecule has 0 aliphatic rings. The number of nitro benzene ring substituents is 1. The number of nitrogens with one attached hydrogen (secondary N) is 1. The molecule has 0 spiro atoms. The lowest BCUT2D eigenvalue weighted by molar-refractivity contribution is -0.387. The molecule has 27 heavy (non-hydrogen) atoms. The Hall–Kier alpha value is -2.57. The lowest BCUT2D eigenvalue weighted by atomic mass is 9.91. The molecule has 0 radical (unpaired) electrons. The summed E-state index contributed by atoms with van der Waals surface area (Å²) in [5.74, 6) is -3.34. The molecule has 146 valence electrons. The maximum absolute atomic E-state index is 14.1. The third-order valence-electron chi connectivity index (χ3n) is 3.72. The van der Waals surface area contributed by atoms with Crippen molar-refractivity contribution in [1.29, 1.82) is 0 Å². The third kappa shape index (κ3) is 3.77. The lowest BCUT2D eigenvalue weighted by Crippen LogP contribution is -2.54. The van der Waals surface area contributed by atoms with E-state index in [4.69, 9.17) is 0 Å². The molecular weight excluding hydrogens is 396 g/mol. The minimum Gasteiger partial charge on any atom is -0.394 e. The Labute approximate surface area is 150 Å². The Morgan fingerprint density at radius 2 is 1.78 bits per heavy atom. The second-order valence-corrected chi connectivity index (χ2v) is 7.01. The van der Waals surface area contributed by atoms with Crippen LogP contribution in [0.4, 0.5) is 23.2 Å². The van der Waals surface area contributed by atoms with Gasteiger partial charge in [0, 0.05) is 11.6 Å². The van der Waals surface area contributed by atoms with Gasteiger partial charge in [-0.25, -0.2) is 26.0 Å². The molecule has 2 N–H and O–H groups in total. The summed E-state index contributed by atoms with van der Waals surface area (Å²) < 4.78 is 81.5. The van der Waals surface area contributed by atoms with Gasteiger partial charge in [0.25, 0.3) is 12.1 Å². The first kappa shape index (κ1) is 20.7. The molecule has 2 aromatic carbocycles. The van der Waals surface area contributed by atoms with E-state index in [0.717, 1.165) is 30.3 Å². The number of hydrogen-bond donors (Lipinski definition) is 2. The van der Waals surface area contributed by atoms with E-state index >= 15 is 0 Å². The predicted molar refractivity (Wildman–Crippen MR) is 84.5 cm³/mol. The van der Waals surface area contributed by atoms with Crippen molar-refractivity contribution in [1.82, 2.24) is 4.72 Å². The van der Waals surface area contributed by atoms with Crippen LogP contribution in [0.15, 0.2) is 47.4 Å². The monoisotopic (exact) mass is 408 g/mol. The summed E-state index contributed by atoms with van der Waals surface area (Å²) in [4.78, 5) is 8.98. The first-order chi connectivity index (χ1) is 12.6. The Kier molecular flexibility index (Phi) is 5.82. The molecule has 0 bridgehead atoms. The van der Waals surface area contributed by atoms with Gasteiger partial charge < -0.3 is 5.11 Å². The second-order valence-electron chi connectivity index (χ2n) is 5.36. The van der Waals surface area contributed by atoms with E-state index in [9.17, 15) is 41.2 Å². The van der Waals surface area contributed by atoms with Crippen LogP contribution in [-0.2, 0) is 15.6 Å². The number of aliphatic hydroxyl groups excluding tert-OH is 1. The smallest absolute Gasteiger partial charge is 0.289 e. The van der Waals surface area contributed by atoms with Gasteiger partial charge in [-0.3, -0.25) is 10.1 Å². The number of para-hydroxylation sites is 1. The fourth-order valence-corrected chi connectivity index (χ4v) is 3.91. The Balaban J connectivity index is 2.67. The number of hydrogen-bond acceptors (Lipinski definition) is 5. The summed E-state index contributed by atoms with van der Waals surface area (Å²) in [6.07, 6.45) is -3.73. The topological polar surface area (TPSA) is 110 Å². The summed E-state index contributed by atoms with van der Waals surface area (Å²) in [7, 11) is -5.05. The second kappa shape index (κ2) is 7.58. The normalized spacial score (nSPS) is 14.1. The lowest BCUT2D eigenvalue weighted by Gasteiger charge is -2.32. The third-order valence-corrected chi connectivity index (χ3v) is 5.28. The molecule has 7 nitrogen and oxygen atoms in total. The first-order valence-electron chi connectivity index (χ1n) is 7.17. The number of nitro groups is 1. The molecule has 2 aromatic rings. The van der Waals surface area contributed by atoms with Crippen molar-refractivity contribution < 1.29 is 36.0 Å². The zero-order valence-electron chi connectivity index (χ0n) is 13.3. The van der Waals surface area contributed by atoms with Crippen molar-refractivity contribution in [2.45, 2.75) is 16.9 Å². The molecule has 2 rings (SSSR count). The average Bonchev–Trinajstić information content (AvgIpc) is 2.62. The quantitative estimate of drug-likeness (QED) is 0.415.